The number of benzene rings is 3. The van der Waals surface area contributed by atoms with Gasteiger partial charge in [0.05, 0.1) is 23.8 Å². The predicted molar refractivity (Wildman–Crippen MR) is 160 cm³/mol. The maximum Gasteiger partial charge on any atom is 0.331 e. The Labute approximate surface area is 247 Å². The highest BCUT2D eigenvalue weighted by Crippen LogP contribution is 2.41. The van der Waals surface area contributed by atoms with E-state index in [1.807, 2.05) is 60.7 Å². The van der Waals surface area contributed by atoms with Crippen molar-refractivity contribution in [3.05, 3.63) is 107 Å². The fraction of sp³-hybridized carbons (Fsp3) is 0.333. The minimum Gasteiger partial charge on any atom is -0.459 e. The summed E-state index contributed by atoms with van der Waals surface area (Å²) in [5.41, 5.74) is 1.99. The first-order valence-electron chi connectivity index (χ1n) is 14.1. The number of hydrogen-bond donors (Lipinski definition) is 0. The predicted octanol–water partition coefficient (Wildman–Crippen LogP) is 5.37. The molecule has 1 fully saturated rings. The Hall–Kier alpha value is -4.08. The van der Waals surface area contributed by atoms with Crippen molar-refractivity contribution in [2.45, 2.75) is 63.6 Å². The van der Waals surface area contributed by atoms with Crippen LogP contribution in [0.4, 0.5) is 0 Å². The quantitative estimate of drug-likeness (QED) is 0.145. The van der Waals surface area contributed by atoms with Crippen molar-refractivity contribution in [3.63, 3.8) is 0 Å². The molecule has 0 bridgehead atoms. The Morgan fingerprint density at radius 3 is 1.90 bits per heavy atom. The topological polar surface area (TPSA) is 93.2 Å². The van der Waals surface area contributed by atoms with Crippen molar-refractivity contribution in [1.29, 1.82) is 0 Å². The zero-order valence-corrected chi connectivity index (χ0v) is 25.6. The van der Waals surface area contributed by atoms with Crippen LogP contribution in [0.1, 0.15) is 58.7 Å². The van der Waals surface area contributed by atoms with Gasteiger partial charge in [-0.15, -0.1) is 0 Å². The molecule has 0 spiro atoms. The van der Waals surface area contributed by atoms with Crippen molar-refractivity contribution < 1.29 is 28.3 Å². The lowest BCUT2D eigenvalue weighted by molar-refractivity contribution is -0.179. The molecule has 3 amide bonds. The fourth-order valence-corrected chi connectivity index (χ4v) is 6.13. The molecule has 0 unspecified atom stereocenters. The molecule has 9 heteroatoms. The summed E-state index contributed by atoms with van der Waals surface area (Å²) in [4.78, 5) is 57.0. The standard InChI is InChI=1S/C33H36N2O6Si/c1-33(2,3)42(4,5)41-21-26(23-16-10-7-11-17-23)34-28(32(39)40-20-22-14-8-6-9-15-22)27(31(34)38)35-29(36)24-18-12-13-19-25(24)30(35)37/h6-19,26-28H,20-21H2,1-5H3/t26-,27+,28+/m1/s1. The van der Waals surface area contributed by atoms with Crippen LogP contribution in [0.3, 0.4) is 0 Å². The molecular formula is C33H36N2O6Si. The molecule has 3 aromatic rings. The highest BCUT2D eigenvalue weighted by atomic mass is 28.4. The van der Waals surface area contributed by atoms with Gasteiger partial charge in [0.15, 0.2) is 20.4 Å². The number of fused-ring (bicyclic) bond motifs is 1. The lowest BCUT2D eigenvalue weighted by atomic mass is 9.88. The minimum atomic E-state index is -2.25. The van der Waals surface area contributed by atoms with Gasteiger partial charge in [0.1, 0.15) is 6.61 Å². The molecular weight excluding hydrogens is 548 g/mol. The Kier molecular flexibility index (Phi) is 7.91. The van der Waals surface area contributed by atoms with Crippen molar-refractivity contribution in [1.82, 2.24) is 9.80 Å². The normalized spacial score (nSPS) is 19.4. The fourth-order valence-electron chi connectivity index (χ4n) is 5.13. The molecule has 5 rings (SSSR count). The number of ether oxygens (including phenoxy) is 1. The SMILES string of the molecule is CC(C)(C)[Si](C)(C)OC[C@H](c1ccccc1)N1C(=O)[C@@H](N2C(=O)c3ccccc3C2=O)[C@H]1C(=O)OCc1ccccc1. The number of carbonyl (C=O) groups is 4. The monoisotopic (exact) mass is 584 g/mol. The number of β-lactam (4-membered cyclic amide) rings is 1. The van der Waals surface area contributed by atoms with Gasteiger partial charge in [-0.3, -0.25) is 19.3 Å². The second kappa shape index (κ2) is 11.3. The largest absolute Gasteiger partial charge is 0.459 e. The van der Waals surface area contributed by atoms with E-state index in [0.717, 1.165) is 16.0 Å². The zero-order chi connectivity index (χ0) is 30.2. The molecule has 2 heterocycles. The van der Waals surface area contributed by atoms with Crippen LogP contribution in [0.25, 0.3) is 0 Å². The molecule has 0 aliphatic carbocycles. The van der Waals surface area contributed by atoms with Gasteiger partial charge in [-0.25, -0.2) is 4.79 Å². The Balaban J connectivity index is 1.50. The molecule has 3 atom stereocenters. The van der Waals surface area contributed by atoms with Gasteiger partial charge in [0, 0.05) is 0 Å². The third kappa shape index (κ3) is 5.30. The number of hydrogen-bond acceptors (Lipinski definition) is 6. The van der Waals surface area contributed by atoms with Crippen LogP contribution in [-0.2, 0) is 25.4 Å². The summed E-state index contributed by atoms with van der Waals surface area (Å²) in [6, 6.07) is 21.9. The van der Waals surface area contributed by atoms with Gasteiger partial charge in [-0.1, -0.05) is 93.6 Å². The molecule has 0 radical (unpaired) electrons. The van der Waals surface area contributed by atoms with Crippen LogP contribution in [-0.4, -0.2) is 60.5 Å². The molecule has 0 aromatic heterocycles. The summed E-state index contributed by atoms with van der Waals surface area (Å²) in [5, 5.41) is -0.0795. The van der Waals surface area contributed by atoms with Crippen molar-refractivity contribution in [2.75, 3.05) is 6.61 Å². The summed E-state index contributed by atoms with van der Waals surface area (Å²) >= 11 is 0. The van der Waals surface area contributed by atoms with E-state index in [0.29, 0.717) is 0 Å². The van der Waals surface area contributed by atoms with Crippen LogP contribution in [0.15, 0.2) is 84.9 Å². The minimum absolute atomic E-state index is 0.0104. The van der Waals surface area contributed by atoms with E-state index in [9.17, 15) is 19.2 Å². The lowest BCUT2D eigenvalue weighted by Gasteiger charge is -2.51. The van der Waals surface area contributed by atoms with Gasteiger partial charge in [-0.2, -0.15) is 0 Å². The average Bonchev–Trinajstić information content (AvgIpc) is 3.22. The maximum absolute atomic E-state index is 14.0. The Bertz CT molecular complexity index is 1470. The van der Waals surface area contributed by atoms with E-state index >= 15 is 0 Å². The lowest BCUT2D eigenvalue weighted by Crippen LogP contribution is -2.75. The Morgan fingerprint density at radius 1 is 0.833 bits per heavy atom. The first-order valence-corrected chi connectivity index (χ1v) is 17.0. The molecule has 42 heavy (non-hydrogen) atoms. The molecule has 8 nitrogen and oxygen atoms in total. The van der Waals surface area contributed by atoms with Crippen LogP contribution in [0, 0.1) is 0 Å². The molecule has 2 aliphatic heterocycles. The summed E-state index contributed by atoms with van der Waals surface area (Å²) in [6.07, 6.45) is 0. The third-order valence-electron chi connectivity index (χ3n) is 8.60. The van der Waals surface area contributed by atoms with Crippen LogP contribution >= 0.6 is 0 Å². The van der Waals surface area contributed by atoms with Gasteiger partial charge in [0.25, 0.3) is 11.8 Å². The van der Waals surface area contributed by atoms with E-state index in [-0.39, 0.29) is 29.4 Å². The van der Waals surface area contributed by atoms with Gasteiger partial charge in [-0.05, 0) is 41.4 Å². The number of imide groups is 1. The van der Waals surface area contributed by atoms with Crippen LogP contribution in [0.5, 0.6) is 0 Å². The molecule has 0 N–H and O–H groups in total. The first-order chi connectivity index (χ1) is 19.9. The van der Waals surface area contributed by atoms with E-state index in [1.54, 1.807) is 24.3 Å². The van der Waals surface area contributed by atoms with Crippen molar-refractivity contribution >= 4 is 32.0 Å². The maximum atomic E-state index is 14.0. The average molecular weight is 585 g/mol. The van der Waals surface area contributed by atoms with Crippen molar-refractivity contribution in [3.8, 4) is 0 Å². The van der Waals surface area contributed by atoms with Crippen LogP contribution in [0.2, 0.25) is 18.1 Å². The summed E-state index contributed by atoms with van der Waals surface area (Å²) < 4.78 is 12.3. The second-order valence-corrected chi connectivity index (χ2v) is 17.1. The number of carbonyl (C=O) groups excluding carboxylic acids is 4. The number of likely N-dealkylation sites (tertiary alicyclic amines) is 1. The van der Waals surface area contributed by atoms with Gasteiger partial charge < -0.3 is 14.1 Å². The number of rotatable bonds is 9. The third-order valence-corrected chi connectivity index (χ3v) is 13.1. The molecule has 3 aromatic carbocycles. The highest BCUT2D eigenvalue weighted by Gasteiger charge is 2.62. The molecule has 2 aliphatic rings. The van der Waals surface area contributed by atoms with E-state index < -0.39 is 50.1 Å². The summed E-state index contributed by atoms with van der Waals surface area (Å²) in [6.45, 7) is 10.8. The summed E-state index contributed by atoms with van der Waals surface area (Å²) in [7, 11) is -2.25. The number of esters is 1. The number of amides is 3. The van der Waals surface area contributed by atoms with E-state index in [1.165, 1.54) is 4.90 Å². The summed E-state index contributed by atoms with van der Waals surface area (Å²) in [5.74, 6) is -2.38. The van der Waals surface area contributed by atoms with E-state index in [2.05, 4.69) is 33.9 Å². The first kappa shape index (κ1) is 29.4. The van der Waals surface area contributed by atoms with E-state index in [4.69, 9.17) is 9.16 Å². The zero-order valence-electron chi connectivity index (χ0n) is 24.6. The number of nitrogens with zero attached hydrogens (tertiary/aromatic N) is 2. The highest BCUT2D eigenvalue weighted by molar-refractivity contribution is 6.74. The smallest absolute Gasteiger partial charge is 0.331 e. The second-order valence-electron chi connectivity index (χ2n) is 12.3. The molecule has 0 saturated carbocycles. The molecule has 218 valence electrons. The van der Waals surface area contributed by atoms with Gasteiger partial charge in [0.2, 0.25) is 5.91 Å². The Morgan fingerprint density at radius 2 is 1.36 bits per heavy atom. The molecule has 1 saturated heterocycles. The van der Waals surface area contributed by atoms with Crippen molar-refractivity contribution in [2.24, 2.45) is 0 Å². The van der Waals surface area contributed by atoms with Crippen LogP contribution < -0.4 is 0 Å². The van der Waals surface area contributed by atoms with Gasteiger partial charge >= 0.3 is 5.97 Å².